The van der Waals surface area contributed by atoms with Crippen LogP contribution in [0.2, 0.25) is 0 Å². The SMILES string of the molecule is CCC[C@@H]1NC(=O)[C@H](CCC(=O)O)NC(=O)CNC(=O)[C@H](CC(C)C)NC(=O)[C@H](Cc2c[nH]cn2)NC(=O)[C@H](CCc2c[nH]c3ccccc23)NC(=O)[C@H](C)NC(=O)[C@@H](NC(=O)[C@H](CC(=O)O)NC(C)(C)C)CCC(=O)N2CCC(C(=O)N[C@H](C(N)=O)[C@@H](C)O)(CC2)NC(=O)[C@H](Cc2c[nH]c3ccccc23)NC(=O)[C@H](C(C)C)NC1=O. The Kier molecular flexibility index (Phi) is 33.1. The number of nitrogens with two attached hydrogens (primary N) is 1. The number of aromatic amines is 3. The van der Waals surface area contributed by atoms with Crippen LogP contribution in [0.4, 0.5) is 0 Å². The number of carboxylic acid groups (broad SMARTS) is 2. The van der Waals surface area contributed by atoms with Gasteiger partial charge in [0.2, 0.25) is 82.7 Å². The summed E-state index contributed by atoms with van der Waals surface area (Å²) in [5.74, 6) is -17.4. The third-order valence-electron chi connectivity index (χ3n) is 20.0. The minimum atomic E-state index is -2.09. The van der Waals surface area contributed by atoms with E-state index in [1.807, 2.05) is 18.2 Å². The highest BCUT2D eigenvalue weighted by Crippen LogP contribution is 2.27. The number of primary amides is 1. The lowest BCUT2D eigenvalue weighted by Crippen LogP contribution is -2.68. The molecule has 12 atom stereocenters. The second kappa shape index (κ2) is 42.0. The van der Waals surface area contributed by atoms with Gasteiger partial charge in [-0.15, -0.1) is 0 Å². The van der Waals surface area contributed by atoms with E-state index in [0.29, 0.717) is 16.5 Å². The number of nitrogens with one attached hydrogen (secondary N) is 16. The van der Waals surface area contributed by atoms with Crippen molar-refractivity contribution >= 4 is 116 Å². The average molecular weight is 1620 g/mol. The molecule has 38 nitrogen and oxygen atoms in total. The molecule has 116 heavy (non-hydrogen) atoms. The number of amides is 14. The van der Waals surface area contributed by atoms with E-state index < -0.39 is 236 Å². The zero-order chi connectivity index (χ0) is 85.5. The molecule has 21 N–H and O–H groups in total. The molecule has 0 unspecified atom stereocenters. The molecule has 3 saturated heterocycles. The van der Waals surface area contributed by atoms with E-state index in [-0.39, 0.29) is 69.6 Å². The number of fused-ring (bicyclic) bond motifs is 36. The lowest BCUT2D eigenvalue weighted by molar-refractivity contribution is -0.143. The Morgan fingerprint density at radius 2 is 1.20 bits per heavy atom. The first-order chi connectivity index (χ1) is 54.7. The van der Waals surface area contributed by atoms with Gasteiger partial charge in [-0.1, -0.05) is 77.4 Å². The second-order valence-corrected chi connectivity index (χ2v) is 31.4. The van der Waals surface area contributed by atoms with E-state index in [2.05, 4.69) is 89.1 Å². The summed E-state index contributed by atoms with van der Waals surface area (Å²) in [6, 6.07) is -2.92. The van der Waals surface area contributed by atoms with Crippen LogP contribution >= 0.6 is 0 Å². The number of H-pyrrole nitrogens is 3. The fourth-order valence-electron chi connectivity index (χ4n) is 13.8. The maximum absolute atomic E-state index is 15.4. The number of carboxylic acids is 2. The van der Waals surface area contributed by atoms with Gasteiger partial charge in [-0.25, -0.2) is 4.98 Å². The number of hydrogen-bond acceptors (Lipinski definition) is 19. The number of piperidine rings is 1. The van der Waals surface area contributed by atoms with Crippen LogP contribution in [0.3, 0.4) is 0 Å². The number of hydrogen-bond donors (Lipinski definition) is 20. The van der Waals surface area contributed by atoms with E-state index >= 15 is 9.59 Å². The molecule has 0 spiro atoms. The maximum Gasteiger partial charge on any atom is 0.305 e. The molecule has 3 aliphatic rings. The first kappa shape index (κ1) is 91.4. The summed E-state index contributed by atoms with van der Waals surface area (Å²) in [5.41, 5.74) is 5.55. The highest BCUT2D eigenvalue weighted by Gasteiger charge is 2.47. The minimum Gasteiger partial charge on any atom is -0.481 e. The first-order valence-electron chi connectivity index (χ1n) is 38.9. The molecular formula is C78H111N19O19. The van der Waals surface area contributed by atoms with Gasteiger partial charge in [-0.3, -0.25) is 76.7 Å². The molecule has 0 radical (unpaired) electrons. The Labute approximate surface area is 669 Å². The van der Waals surface area contributed by atoms with Crippen LogP contribution in [0.5, 0.6) is 0 Å². The van der Waals surface area contributed by atoms with Gasteiger partial charge in [0, 0.05) is 84.7 Å². The van der Waals surface area contributed by atoms with Crippen molar-refractivity contribution in [2.45, 2.75) is 243 Å². The zero-order valence-electron chi connectivity index (χ0n) is 66.9. The molecule has 3 fully saturated rings. The summed E-state index contributed by atoms with van der Waals surface area (Å²) < 4.78 is 0. The van der Waals surface area contributed by atoms with Crippen molar-refractivity contribution in [2.24, 2.45) is 17.6 Å². The fourth-order valence-corrected chi connectivity index (χ4v) is 13.8. The second-order valence-electron chi connectivity index (χ2n) is 31.4. The van der Waals surface area contributed by atoms with Crippen molar-refractivity contribution in [2.75, 3.05) is 19.6 Å². The van der Waals surface area contributed by atoms with Crippen molar-refractivity contribution in [3.05, 3.63) is 90.3 Å². The fraction of sp³-hybridized carbons (Fsp3) is 0.551. The molecular weight excluding hydrogens is 1510 g/mol. The number of aryl methyl sites for hydroxylation is 1. The smallest absolute Gasteiger partial charge is 0.305 e. The Morgan fingerprint density at radius 1 is 0.638 bits per heavy atom. The number of carbonyl (C=O) groups is 16. The molecule has 14 amide bonds. The van der Waals surface area contributed by atoms with Crippen molar-refractivity contribution in [1.82, 2.24) is 94.0 Å². The molecule has 2 aromatic carbocycles. The highest BCUT2D eigenvalue weighted by atomic mass is 16.4. The van der Waals surface area contributed by atoms with Crippen LogP contribution in [0.15, 0.2) is 73.4 Å². The molecule has 3 aliphatic heterocycles. The first-order valence-corrected chi connectivity index (χ1v) is 38.9. The number of rotatable bonds is 24. The molecule has 632 valence electrons. The minimum absolute atomic E-state index is 0.0516. The van der Waals surface area contributed by atoms with Gasteiger partial charge < -0.3 is 110 Å². The summed E-state index contributed by atoms with van der Waals surface area (Å²) in [4.78, 5) is 242. The number of aromatic nitrogens is 4. The van der Waals surface area contributed by atoms with Gasteiger partial charge in [0.25, 0.3) is 0 Å². The Morgan fingerprint density at radius 3 is 1.78 bits per heavy atom. The van der Waals surface area contributed by atoms with Crippen LogP contribution in [0.25, 0.3) is 21.8 Å². The largest absolute Gasteiger partial charge is 0.481 e. The van der Waals surface area contributed by atoms with Crippen LogP contribution in [0, 0.1) is 11.8 Å². The summed E-state index contributed by atoms with van der Waals surface area (Å²) in [7, 11) is 0. The third-order valence-corrected chi connectivity index (χ3v) is 20.0. The average Bonchev–Trinajstić information content (AvgIpc) is 1.81. The monoisotopic (exact) mass is 1620 g/mol. The Bertz CT molecular complexity index is 4350. The van der Waals surface area contributed by atoms with E-state index in [9.17, 15) is 82.4 Å². The molecule has 0 saturated carbocycles. The highest BCUT2D eigenvalue weighted by molar-refractivity contribution is 6.01. The van der Waals surface area contributed by atoms with Crippen molar-refractivity contribution in [1.29, 1.82) is 0 Å². The number of benzene rings is 2. The molecule has 6 heterocycles. The Hall–Kier alpha value is -11.8. The number of aliphatic hydroxyl groups excluding tert-OH is 1. The lowest BCUT2D eigenvalue weighted by Gasteiger charge is -2.42. The number of aliphatic carboxylic acids is 2. The molecule has 8 rings (SSSR count). The topological polar surface area (TPSA) is 580 Å². The van der Waals surface area contributed by atoms with Crippen molar-refractivity contribution < 1.29 is 92.0 Å². The summed E-state index contributed by atoms with van der Waals surface area (Å²) in [6.45, 7) is 14.2. The predicted octanol–water partition coefficient (Wildman–Crippen LogP) is -1.49. The third kappa shape index (κ3) is 26.6. The summed E-state index contributed by atoms with van der Waals surface area (Å²) in [6.07, 6.45) is 0.0741. The van der Waals surface area contributed by atoms with Gasteiger partial charge in [0.15, 0.2) is 0 Å². The summed E-state index contributed by atoms with van der Waals surface area (Å²) in [5, 5.41) is 66.1. The van der Waals surface area contributed by atoms with E-state index in [0.717, 1.165) is 16.5 Å². The van der Waals surface area contributed by atoms with E-state index in [4.69, 9.17) is 5.73 Å². The molecule has 3 aromatic heterocycles. The predicted molar refractivity (Wildman–Crippen MR) is 421 cm³/mol. The van der Waals surface area contributed by atoms with Crippen LogP contribution in [0.1, 0.15) is 157 Å². The van der Waals surface area contributed by atoms with Crippen LogP contribution < -0.4 is 74.9 Å². The van der Waals surface area contributed by atoms with Gasteiger partial charge in [-0.05, 0) is 121 Å². The van der Waals surface area contributed by atoms with Crippen molar-refractivity contribution in [3.63, 3.8) is 0 Å². The van der Waals surface area contributed by atoms with Crippen LogP contribution in [-0.2, 0) is 96.0 Å². The number of nitrogens with zero attached hydrogens (tertiary/aromatic N) is 2. The quantitative estimate of drug-likeness (QED) is 0.0313. The summed E-state index contributed by atoms with van der Waals surface area (Å²) >= 11 is 0. The number of aliphatic hydroxyl groups is 1. The molecule has 38 heteroatoms. The van der Waals surface area contributed by atoms with Gasteiger partial charge in [0.05, 0.1) is 37.1 Å². The zero-order valence-corrected chi connectivity index (χ0v) is 66.9. The standard InChI is InChI=1S/C78H111N19O19/c1-11-16-51-71(111)93-63(41(4)5)75(115)92-56(32-45-36-82-50-20-15-13-18-48(45)50)74(114)96-78(76(116)94-64(43(7)98)65(79)105)27-29-97(30-28-78)60(100)25-23-54(89-73(113)58(34-62(103)104)95-77(8,9)10)68(108)85-42(6)66(106)87-53(22-21-44-35-81-49-19-14-12-17-47(44)49)70(110)91-57(33-46-37-80-39-84-46)72(112)90-55(31-40(2)3)67(107)83-38-59(99)86-52(69(109)88-51)24-26-61(101)102/h12-15,17-20,35-37,39-43,51-58,63-64,81-82,95,98H,11,16,21-34,38H2,1-10H3,(H2,79,105)(H,80,84)(H,83,107)(H,85,108)(H,86,99)(H,87,106)(H,88,109)(H,89,113)(H,90,112)(H,91,110)(H,92,115)(H,93,111)(H,94,116)(H,96,114)(H,101,102)(H,103,104)/t42-,43+,51-,52-,53-,54-,55-,56-,57-,58-,63-,64-/m0/s1. The van der Waals surface area contributed by atoms with Gasteiger partial charge >= 0.3 is 11.9 Å². The van der Waals surface area contributed by atoms with E-state index in [1.54, 1.807) is 98.1 Å². The Balaban J connectivity index is 1.30. The van der Waals surface area contributed by atoms with Gasteiger partial charge in [-0.2, -0.15) is 0 Å². The molecule has 0 aliphatic carbocycles. The normalized spacial score (nSPS) is 23.7. The number of para-hydroxylation sites is 2. The van der Waals surface area contributed by atoms with Gasteiger partial charge in [0.1, 0.15) is 66.0 Å². The van der Waals surface area contributed by atoms with Crippen molar-refractivity contribution in [3.8, 4) is 0 Å². The lowest BCUT2D eigenvalue weighted by atomic mass is 9.85. The van der Waals surface area contributed by atoms with Crippen LogP contribution in [-0.4, -0.2) is 238 Å². The maximum atomic E-state index is 15.4. The number of imidazole rings is 1. The van der Waals surface area contributed by atoms with E-state index in [1.165, 1.54) is 31.3 Å². The molecule has 2 bridgehead atoms. The molecule has 5 aromatic rings. The number of carbonyl (C=O) groups excluding carboxylic acids is 14.